The van der Waals surface area contributed by atoms with Crippen LogP contribution in [0.3, 0.4) is 0 Å². The summed E-state index contributed by atoms with van der Waals surface area (Å²) in [5.74, 6) is -1.70. The number of nitrogens with one attached hydrogen (secondary N) is 2. The van der Waals surface area contributed by atoms with Crippen molar-refractivity contribution in [2.45, 2.75) is 26.4 Å². The zero-order valence-corrected chi connectivity index (χ0v) is 19.6. The number of halogens is 1. The number of carbonyl (C=O) groups is 3. The van der Waals surface area contributed by atoms with Gasteiger partial charge in [0.05, 0.1) is 10.6 Å². The van der Waals surface area contributed by atoms with E-state index in [0.29, 0.717) is 5.69 Å². The van der Waals surface area contributed by atoms with E-state index in [2.05, 4.69) is 34.3 Å². The average Bonchev–Trinajstić information content (AvgIpc) is 3.15. The van der Waals surface area contributed by atoms with Crippen LogP contribution in [0.25, 0.3) is 21.8 Å². The summed E-state index contributed by atoms with van der Waals surface area (Å²) in [6.07, 6.45) is 0. The number of rotatable bonds is 7. The number of aryl methyl sites for hydroxylation is 1. The van der Waals surface area contributed by atoms with E-state index in [4.69, 9.17) is 16.3 Å². The first kappa shape index (κ1) is 23.3. The molecular weight excluding hydrogens is 454 g/mol. The fourth-order valence-electron chi connectivity index (χ4n) is 3.91. The summed E-state index contributed by atoms with van der Waals surface area (Å²) in [6.45, 7) is 3.93. The van der Waals surface area contributed by atoms with E-state index in [1.165, 1.54) is 6.92 Å². The Hall–Kier alpha value is -3.84. The van der Waals surface area contributed by atoms with Crippen molar-refractivity contribution in [3.63, 3.8) is 0 Å². The lowest BCUT2D eigenvalue weighted by Crippen LogP contribution is -2.40. The van der Waals surface area contributed by atoms with Crippen LogP contribution in [0, 0.1) is 0 Å². The molecule has 8 heteroatoms. The normalized spacial score (nSPS) is 11.9. The summed E-state index contributed by atoms with van der Waals surface area (Å²) in [4.78, 5) is 36.9. The van der Waals surface area contributed by atoms with Gasteiger partial charge in [0.2, 0.25) is 0 Å². The molecule has 2 amide bonds. The standard InChI is InChI=1S/C26H24ClN3O4/c1-3-30-22-11-7-5-8-18(22)20-14-17(12-13-23(20)30)29-24(31)15-34-26(33)16(2)28-25(32)19-9-4-6-10-21(19)27/h4-14,16H,3,15H2,1-2H3,(H,28,32)(H,29,31). The number of amides is 2. The quantitative estimate of drug-likeness (QED) is 0.375. The van der Waals surface area contributed by atoms with Gasteiger partial charge in [0.15, 0.2) is 6.61 Å². The molecule has 3 aromatic carbocycles. The minimum absolute atomic E-state index is 0.251. The zero-order valence-electron chi connectivity index (χ0n) is 18.8. The van der Waals surface area contributed by atoms with Gasteiger partial charge in [0.1, 0.15) is 6.04 Å². The van der Waals surface area contributed by atoms with Gasteiger partial charge in [-0.1, -0.05) is 41.9 Å². The van der Waals surface area contributed by atoms with E-state index in [1.54, 1.807) is 24.3 Å². The number of aromatic nitrogens is 1. The maximum Gasteiger partial charge on any atom is 0.328 e. The van der Waals surface area contributed by atoms with Crippen LogP contribution in [-0.2, 0) is 20.9 Å². The summed E-state index contributed by atoms with van der Waals surface area (Å²) < 4.78 is 7.30. The molecule has 0 radical (unpaired) electrons. The van der Waals surface area contributed by atoms with Crippen molar-refractivity contribution in [3.8, 4) is 0 Å². The molecule has 0 saturated heterocycles. The molecule has 2 N–H and O–H groups in total. The molecule has 0 spiro atoms. The van der Waals surface area contributed by atoms with E-state index in [1.807, 2.05) is 30.3 Å². The highest BCUT2D eigenvalue weighted by molar-refractivity contribution is 6.33. The minimum Gasteiger partial charge on any atom is -0.454 e. The first-order valence-electron chi connectivity index (χ1n) is 10.9. The van der Waals surface area contributed by atoms with Crippen molar-refractivity contribution in [1.82, 2.24) is 9.88 Å². The Morgan fingerprint density at radius 1 is 0.971 bits per heavy atom. The van der Waals surface area contributed by atoms with E-state index in [9.17, 15) is 14.4 Å². The monoisotopic (exact) mass is 477 g/mol. The van der Waals surface area contributed by atoms with Gasteiger partial charge in [0.25, 0.3) is 11.8 Å². The number of ether oxygens (including phenoxy) is 1. The van der Waals surface area contributed by atoms with Gasteiger partial charge in [-0.05, 0) is 50.2 Å². The van der Waals surface area contributed by atoms with Crippen LogP contribution in [0.15, 0.2) is 66.7 Å². The smallest absolute Gasteiger partial charge is 0.328 e. The number of benzene rings is 3. The molecule has 1 atom stereocenters. The molecule has 1 aromatic heterocycles. The maximum atomic E-state index is 12.4. The second kappa shape index (κ2) is 9.97. The molecule has 0 aliphatic heterocycles. The van der Waals surface area contributed by atoms with Gasteiger partial charge in [-0.15, -0.1) is 0 Å². The Balaban J connectivity index is 1.37. The molecule has 0 saturated carbocycles. The van der Waals surface area contributed by atoms with Crippen molar-refractivity contribution in [2.24, 2.45) is 0 Å². The van der Waals surface area contributed by atoms with Gasteiger partial charge in [-0.3, -0.25) is 9.59 Å². The van der Waals surface area contributed by atoms with E-state index >= 15 is 0 Å². The molecule has 0 bridgehead atoms. The Labute approximate surface area is 201 Å². The highest BCUT2D eigenvalue weighted by atomic mass is 35.5. The van der Waals surface area contributed by atoms with Crippen molar-refractivity contribution in [3.05, 3.63) is 77.3 Å². The van der Waals surface area contributed by atoms with Crippen molar-refractivity contribution >= 4 is 56.9 Å². The number of para-hydroxylation sites is 1. The molecule has 1 unspecified atom stereocenters. The average molecular weight is 478 g/mol. The molecule has 0 fully saturated rings. The fourth-order valence-corrected chi connectivity index (χ4v) is 4.13. The minimum atomic E-state index is -0.951. The summed E-state index contributed by atoms with van der Waals surface area (Å²) in [7, 11) is 0. The molecular formula is C26H24ClN3O4. The number of esters is 1. The van der Waals surface area contributed by atoms with Gasteiger partial charge in [0, 0.05) is 34.0 Å². The van der Waals surface area contributed by atoms with Crippen LogP contribution < -0.4 is 10.6 Å². The van der Waals surface area contributed by atoms with Gasteiger partial charge in [-0.2, -0.15) is 0 Å². The van der Waals surface area contributed by atoms with Crippen LogP contribution >= 0.6 is 11.6 Å². The molecule has 1 heterocycles. The number of hydrogen-bond donors (Lipinski definition) is 2. The topological polar surface area (TPSA) is 89.4 Å². The second-order valence-electron chi connectivity index (χ2n) is 7.82. The Bertz CT molecular complexity index is 1400. The lowest BCUT2D eigenvalue weighted by molar-refractivity contribution is -0.148. The predicted octanol–water partition coefficient (Wildman–Crippen LogP) is 4.77. The van der Waals surface area contributed by atoms with Crippen LogP contribution in [0.5, 0.6) is 0 Å². The number of anilines is 1. The van der Waals surface area contributed by atoms with Crippen molar-refractivity contribution in [1.29, 1.82) is 0 Å². The first-order valence-corrected chi connectivity index (χ1v) is 11.3. The third kappa shape index (κ3) is 4.75. The molecule has 7 nitrogen and oxygen atoms in total. The first-order chi connectivity index (χ1) is 16.4. The molecule has 4 rings (SSSR count). The molecule has 0 aliphatic rings. The van der Waals surface area contributed by atoms with Gasteiger partial charge >= 0.3 is 5.97 Å². The van der Waals surface area contributed by atoms with E-state index in [0.717, 1.165) is 28.4 Å². The molecule has 4 aromatic rings. The lowest BCUT2D eigenvalue weighted by atomic mass is 10.1. The number of carbonyl (C=O) groups excluding carboxylic acids is 3. The summed E-state index contributed by atoms with van der Waals surface area (Å²) in [6, 6.07) is 19.4. The third-order valence-corrected chi connectivity index (χ3v) is 5.87. The van der Waals surface area contributed by atoms with Crippen LogP contribution in [0.1, 0.15) is 24.2 Å². The number of nitrogens with zero attached hydrogens (tertiary/aromatic N) is 1. The van der Waals surface area contributed by atoms with E-state index in [-0.39, 0.29) is 10.6 Å². The summed E-state index contributed by atoms with van der Waals surface area (Å²) >= 11 is 6.01. The highest BCUT2D eigenvalue weighted by Crippen LogP contribution is 2.30. The number of fused-ring (bicyclic) bond motifs is 3. The predicted molar refractivity (Wildman–Crippen MR) is 133 cm³/mol. The SMILES string of the molecule is CCn1c2ccccc2c2cc(NC(=O)COC(=O)C(C)NC(=O)c3ccccc3Cl)ccc21. The maximum absolute atomic E-state index is 12.4. The number of hydrogen-bond acceptors (Lipinski definition) is 4. The third-order valence-electron chi connectivity index (χ3n) is 5.54. The van der Waals surface area contributed by atoms with Crippen molar-refractivity contribution < 1.29 is 19.1 Å². The molecule has 34 heavy (non-hydrogen) atoms. The zero-order chi connectivity index (χ0) is 24.2. The van der Waals surface area contributed by atoms with E-state index < -0.39 is 30.4 Å². The summed E-state index contributed by atoms with van der Waals surface area (Å²) in [5, 5.41) is 7.70. The largest absolute Gasteiger partial charge is 0.454 e. The van der Waals surface area contributed by atoms with Gasteiger partial charge < -0.3 is 19.9 Å². The Kier molecular flexibility index (Phi) is 6.84. The van der Waals surface area contributed by atoms with Crippen LogP contribution in [0.2, 0.25) is 5.02 Å². The van der Waals surface area contributed by atoms with Crippen LogP contribution in [-0.4, -0.2) is 35.0 Å². The molecule has 174 valence electrons. The summed E-state index contributed by atoms with van der Waals surface area (Å²) in [5.41, 5.74) is 3.07. The highest BCUT2D eigenvalue weighted by Gasteiger charge is 2.20. The van der Waals surface area contributed by atoms with Gasteiger partial charge in [-0.25, -0.2) is 4.79 Å². The van der Waals surface area contributed by atoms with Crippen molar-refractivity contribution in [2.75, 3.05) is 11.9 Å². The Morgan fingerprint density at radius 3 is 2.44 bits per heavy atom. The lowest BCUT2D eigenvalue weighted by Gasteiger charge is -2.14. The fraction of sp³-hybridized carbons (Fsp3) is 0.192. The van der Waals surface area contributed by atoms with Crippen LogP contribution in [0.4, 0.5) is 5.69 Å². The molecule has 0 aliphatic carbocycles. The Morgan fingerprint density at radius 2 is 1.68 bits per heavy atom. The second-order valence-corrected chi connectivity index (χ2v) is 8.23.